The third kappa shape index (κ3) is 3.15. The van der Waals surface area contributed by atoms with E-state index in [1.54, 1.807) is 0 Å². The Morgan fingerprint density at radius 1 is 1.32 bits per heavy atom. The molecule has 2 aromatic rings. The van der Waals surface area contributed by atoms with E-state index in [9.17, 15) is 9.90 Å². The molecular formula is C17H22N2O2S. The van der Waals surface area contributed by atoms with E-state index in [-0.39, 0.29) is 5.91 Å². The lowest BCUT2D eigenvalue weighted by atomic mass is 9.97. The highest BCUT2D eigenvalue weighted by atomic mass is 32.2. The fourth-order valence-corrected chi connectivity index (χ4v) is 4.24. The van der Waals surface area contributed by atoms with Crippen LogP contribution in [0.5, 0.6) is 0 Å². The van der Waals surface area contributed by atoms with Crippen LogP contribution in [0.15, 0.2) is 18.2 Å². The molecule has 1 saturated heterocycles. The van der Waals surface area contributed by atoms with Crippen LogP contribution < -0.4 is 5.32 Å². The van der Waals surface area contributed by atoms with Gasteiger partial charge in [0.15, 0.2) is 0 Å². The number of benzene rings is 1. The maximum absolute atomic E-state index is 12.3. The first-order valence-electron chi connectivity index (χ1n) is 7.65. The van der Waals surface area contributed by atoms with Crippen molar-refractivity contribution in [3.8, 4) is 0 Å². The molecule has 3 rings (SSSR count). The van der Waals surface area contributed by atoms with Gasteiger partial charge in [-0.05, 0) is 61.5 Å². The Balaban J connectivity index is 1.73. The third-order valence-corrected chi connectivity index (χ3v) is 5.32. The van der Waals surface area contributed by atoms with Crippen molar-refractivity contribution in [2.45, 2.75) is 32.3 Å². The predicted molar refractivity (Wildman–Crippen MR) is 91.6 cm³/mol. The number of thioether (sulfide) groups is 1. The van der Waals surface area contributed by atoms with Gasteiger partial charge in [0.25, 0.3) is 5.91 Å². The van der Waals surface area contributed by atoms with E-state index in [1.165, 1.54) is 5.56 Å². The monoisotopic (exact) mass is 318 g/mol. The summed E-state index contributed by atoms with van der Waals surface area (Å²) >= 11 is 1.85. The van der Waals surface area contributed by atoms with Crippen molar-refractivity contribution in [1.29, 1.82) is 0 Å². The van der Waals surface area contributed by atoms with Gasteiger partial charge >= 0.3 is 0 Å². The largest absolute Gasteiger partial charge is 0.388 e. The fraction of sp³-hybridized carbons (Fsp3) is 0.471. The molecule has 0 bridgehead atoms. The first-order valence-corrected chi connectivity index (χ1v) is 8.81. The number of carbonyl (C=O) groups excluding carboxylic acids is 1. The summed E-state index contributed by atoms with van der Waals surface area (Å²) in [6.07, 6.45) is 1.48. The summed E-state index contributed by atoms with van der Waals surface area (Å²) in [4.78, 5) is 15.5. The quantitative estimate of drug-likeness (QED) is 0.815. The minimum absolute atomic E-state index is 0.153. The average Bonchev–Trinajstić information content (AvgIpc) is 2.90. The highest BCUT2D eigenvalue weighted by molar-refractivity contribution is 7.99. The van der Waals surface area contributed by atoms with E-state index in [0.29, 0.717) is 12.2 Å². The van der Waals surface area contributed by atoms with Crippen molar-refractivity contribution in [3.05, 3.63) is 35.0 Å². The van der Waals surface area contributed by atoms with Gasteiger partial charge in [-0.25, -0.2) is 0 Å². The van der Waals surface area contributed by atoms with E-state index < -0.39 is 5.60 Å². The third-order valence-electron chi connectivity index (χ3n) is 4.34. The van der Waals surface area contributed by atoms with Gasteiger partial charge in [0.2, 0.25) is 0 Å². The number of H-pyrrole nitrogens is 1. The number of rotatable bonds is 3. The maximum Gasteiger partial charge on any atom is 0.267 e. The molecule has 1 aromatic carbocycles. The number of amides is 1. The van der Waals surface area contributed by atoms with Gasteiger partial charge in [0.1, 0.15) is 5.69 Å². The average molecular weight is 318 g/mol. The molecule has 1 aromatic heterocycles. The molecule has 0 atom stereocenters. The Bertz CT molecular complexity index is 702. The van der Waals surface area contributed by atoms with E-state index >= 15 is 0 Å². The van der Waals surface area contributed by atoms with Gasteiger partial charge < -0.3 is 15.4 Å². The maximum atomic E-state index is 12.3. The number of aromatic nitrogens is 1. The number of aryl methyl sites for hydroxylation is 2. The Hall–Kier alpha value is -1.46. The zero-order valence-corrected chi connectivity index (χ0v) is 13.8. The fourth-order valence-electron chi connectivity index (χ4n) is 2.99. The highest BCUT2D eigenvalue weighted by Gasteiger charge is 2.30. The summed E-state index contributed by atoms with van der Waals surface area (Å²) in [5, 5.41) is 14.4. The Kier molecular flexibility index (Phi) is 4.19. The molecule has 1 fully saturated rings. The standard InChI is InChI=1S/C17H22N2O2S/c1-11-7-12(2)13-9-15(19-14(13)8-11)16(20)18-10-17(21)3-5-22-6-4-17/h7-9,19,21H,3-6,10H2,1-2H3,(H,18,20). The Morgan fingerprint density at radius 2 is 2.05 bits per heavy atom. The van der Waals surface area contributed by atoms with Crippen molar-refractivity contribution < 1.29 is 9.90 Å². The number of fused-ring (bicyclic) bond motifs is 1. The number of aliphatic hydroxyl groups is 1. The van der Waals surface area contributed by atoms with Gasteiger partial charge in [-0.15, -0.1) is 0 Å². The van der Waals surface area contributed by atoms with Crippen LogP contribution in [-0.2, 0) is 0 Å². The molecule has 3 N–H and O–H groups in total. The molecule has 0 aliphatic carbocycles. The van der Waals surface area contributed by atoms with E-state index in [0.717, 1.165) is 40.8 Å². The van der Waals surface area contributed by atoms with Crippen LogP contribution in [0.25, 0.3) is 10.9 Å². The lowest BCUT2D eigenvalue weighted by Gasteiger charge is -2.31. The van der Waals surface area contributed by atoms with E-state index in [2.05, 4.69) is 16.4 Å². The molecule has 0 radical (unpaired) electrons. The van der Waals surface area contributed by atoms with Gasteiger partial charge in [-0.1, -0.05) is 6.07 Å². The first-order chi connectivity index (χ1) is 10.5. The second-order valence-corrected chi connectivity index (χ2v) is 7.47. The molecule has 22 heavy (non-hydrogen) atoms. The molecular weight excluding hydrogens is 296 g/mol. The van der Waals surface area contributed by atoms with Crippen LogP contribution in [0.1, 0.15) is 34.5 Å². The number of hydrogen-bond acceptors (Lipinski definition) is 3. The van der Waals surface area contributed by atoms with Crippen LogP contribution in [0.4, 0.5) is 0 Å². The van der Waals surface area contributed by atoms with Crippen molar-refractivity contribution in [2.24, 2.45) is 0 Å². The Morgan fingerprint density at radius 3 is 2.77 bits per heavy atom. The molecule has 1 aliphatic rings. The zero-order chi connectivity index (χ0) is 15.7. The van der Waals surface area contributed by atoms with Crippen molar-refractivity contribution in [1.82, 2.24) is 10.3 Å². The van der Waals surface area contributed by atoms with Crippen LogP contribution >= 0.6 is 11.8 Å². The molecule has 0 unspecified atom stereocenters. The second-order valence-electron chi connectivity index (χ2n) is 6.25. The minimum atomic E-state index is -0.751. The van der Waals surface area contributed by atoms with Crippen LogP contribution in [0, 0.1) is 13.8 Å². The van der Waals surface area contributed by atoms with Crippen molar-refractivity contribution >= 4 is 28.6 Å². The van der Waals surface area contributed by atoms with Crippen LogP contribution in [0.3, 0.4) is 0 Å². The lowest BCUT2D eigenvalue weighted by Crippen LogP contribution is -2.45. The topological polar surface area (TPSA) is 65.1 Å². The molecule has 118 valence electrons. The molecule has 2 heterocycles. The first kappa shape index (κ1) is 15.4. The molecule has 1 aliphatic heterocycles. The summed E-state index contributed by atoms with van der Waals surface area (Å²) in [6.45, 7) is 4.41. The van der Waals surface area contributed by atoms with Gasteiger partial charge in [0, 0.05) is 17.4 Å². The van der Waals surface area contributed by atoms with Gasteiger partial charge in [-0.2, -0.15) is 11.8 Å². The van der Waals surface area contributed by atoms with Gasteiger partial charge in [0.05, 0.1) is 5.60 Å². The summed E-state index contributed by atoms with van der Waals surface area (Å²) in [7, 11) is 0. The number of hydrogen-bond donors (Lipinski definition) is 3. The summed E-state index contributed by atoms with van der Waals surface area (Å²) < 4.78 is 0. The van der Waals surface area contributed by atoms with E-state index in [4.69, 9.17) is 0 Å². The predicted octanol–water partition coefficient (Wildman–Crippen LogP) is 2.77. The SMILES string of the molecule is Cc1cc(C)c2cc(C(=O)NCC3(O)CCSCC3)[nH]c2c1. The summed E-state index contributed by atoms with van der Waals surface area (Å²) in [5.74, 6) is 1.76. The smallest absolute Gasteiger partial charge is 0.267 e. The Labute approximate surface area is 134 Å². The highest BCUT2D eigenvalue weighted by Crippen LogP contribution is 2.26. The van der Waals surface area contributed by atoms with Gasteiger partial charge in [-0.3, -0.25) is 4.79 Å². The van der Waals surface area contributed by atoms with Crippen LogP contribution in [0.2, 0.25) is 0 Å². The molecule has 0 spiro atoms. The summed E-state index contributed by atoms with van der Waals surface area (Å²) in [5.41, 5.74) is 3.12. The van der Waals surface area contributed by atoms with Crippen molar-refractivity contribution in [2.75, 3.05) is 18.1 Å². The number of carbonyl (C=O) groups is 1. The second kappa shape index (κ2) is 5.97. The van der Waals surface area contributed by atoms with Crippen LogP contribution in [-0.4, -0.2) is 39.6 Å². The minimum Gasteiger partial charge on any atom is -0.388 e. The molecule has 4 nitrogen and oxygen atoms in total. The zero-order valence-electron chi connectivity index (χ0n) is 13.0. The van der Waals surface area contributed by atoms with Crippen molar-refractivity contribution in [3.63, 3.8) is 0 Å². The number of nitrogens with one attached hydrogen (secondary N) is 2. The normalized spacial score (nSPS) is 17.6. The summed E-state index contributed by atoms with van der Waals surface area (Å²) in [6, 6.07) is 6.05. The van der Waals surface area contributed by atoms with E-state index in [1.807, 2.05) is 37.7 Å². The molecule has 0 saturated carbocycles. The lowest BCUT2D eigenvalue weighted by molar-refractivity contribution is 0.0310. The molecule has 5 heteroatoms. The molecule has 1 amide bonds. The number of aromatic amines is 1.